The monoisotopic (exact) mass is 444 g/mol. The molecule has 168 valence electrons. The first-order valence-corrected chi connectivity index (χ1v) is 10.9. The van der Waals surface area contributed by atoms with Crippen molar-refractivity contribution in [1.82, 2.24) is 19.8 Å². The molecule has 2 amide bonds. The largest absolute Gasteiger partial charge is 0.439 e. The highest BCUT2D eigenvalue weighted by molar-refractivity contribution is 5.96. The number of nitrogens with zero attached hydrogens (tertiary/aromatic N) is 4. The van der Waals surface area contributed by atoms with Crippen LogP contribution in [-0.4, -0.2) is 57.0 Å². The van der Waals surface area contributed by atoms with Crippen LogP contribution in [0.15, 0.2) is 67.0 Å². The molecular formula is C25H24N4O4. The predicted molar refractivity (Wildman–Crippen MR) is 120 cm³/mol. The molecule has 1 spiro atoms. The molecule has 1 aromatic carbocycles. The van der Waals surface area contributed by atoms with Crippen LogP contribution >= 0.6 is 0 Å². The number of likely N-dealkylation sites (tertiary alicyclic amines) is 1. The number of benzene rings is 1. The van der Waals surface area contributed by atoms with E-state index in [2.05, 4.69) is 9.97 Å². The van der Waals surface area contributed by atoms with Crippen molar-refractivity contribution >= 4 is 12.0 Å². The summed E-state index contributed by atoms with van der Waals surface area (Å²) in [6.07, 6.45) is 3.43. The number of hydrogen-bond donors (Lipinski definition) is 0. The van der Waals surface area contributed by atoms with Crippen molar-refractivity contribution in [2.24, 2.45) is 0 Å². The van der Waals surface area contributed by atoms with Gasteiger partial charge in [0.05, 0.1) is 19.3 Å². The highest BCUT2D eigenvalue weighted by Crippen LogP contribution is 2.35. The molecule has 2 aliphatic heterocycles. The zero-order valence-electron chi connectivity index (χ0n) is 18.3. The average Bonchev–Trinajstić information content (AvgIpc) is 3.38. The Balaban J connectivity index is 1.29. The smallest absolute Gasteiger partial charge is 0.410 e. The van der Waals surface area contributed by atoms with Gasteiger partial charge in [-0.25, -0.2) is 9.78 Å². The Bertz CT molecular complexity index is 1170. The molecule has 33 heavy (non-hydrogen) atoms. The highest BCUT2D eigenvalue weighted by atomic mass is 16.6. The number of ether oxygens (including phenoxy) is 2. The first kappa shape index (κ1) is 20.9. The SMILES string of the molecule is Cc1ccc(Oc2ncccc2C(=O)N2CC[C@]3(CN(Cc4ccccc4)C(=O)O3)C2)cn1. The van der Waals surface area contributed by atoms with Crippen molar-refractivity contribution in [2.45, 2.75) is 25.5 Å². The minimum atomic E-state index is -0.689. The van der Waals surface area contributed by atoms with E-state index in [0.29, 0.717) is 43.9 Å². The van der Waals surface area contributed by atoms with E-state index >= 15 is 0 Å². The van der Waals surface area contributed by atoms with Crippen LogP contribution in [0.5, 0.6) is 11.6 Å². The van der Waals surface area contributed by atoms with Gasteiger partial charge in [0, 0.05) is 31.4 Å². The summed E-state index contributed by atoms with van der Waals surface area (Å²) < 4.78 is 11.6. The quantitative estimate of drug-likeness (QED) is 0.595. The number of carbonyl (C=O) groups excluding carboxylic acids is 2. The molecule has 5 rings (SSSR count). The fourth-order valence-corrected chi connectivity index (χ4v) is 4.28. The van der Waals surface area contributed by atoms with Gasteiger partial charge in [-0.3, -0.25) is 14.7 Å². The lowest BCUT2D eigenvalue weighted by Gasteiger charge is -2.22. The number of pyridine rings is 2. The molecule has 2 saturated heterocycles. The molecule has 8 nitrogen and oxygen atoms in total. The number of rotatable bonds is 5. The Morgan fingerprint density at radius 3 is 2.73 bits per heavy atom. The molecule has 1 atom stereocenters. The van der Waals surface area contributed by atoms with Gasteiger partial charge in [0.1, 0.15) is 11.3 Å². The van der Waals surface area contributed by atoms with E-state index in [1.54, 1.807) is 40.4 Å². The highest BCUT2D eigenvalue weighted by Gasteiger charge is 2.50. The van der Waals surface area contributed by atoms with Gasteiger partial charge in [-0.2, -0.15) is 0 Å². The van der Waals surface area contributed by atoms with Gasteiger partial charge in [0.25, 0.3) is 5.91 Å². The Labute approximate surface area is 191 Å². The zero-order valence-corrected chi connectivity index (χ0v) is 18.3. The van der Waals surface area contributed by atoms with Crippen LogP contribution in [0.1, 0.15) is 28.0 Å². The van der Waals surface area contributed by atoms with Crippen molar-refractivity contribution in [3.63, 3.8) is 0 Å². The second kappa shape index (κ2) is 8.54. The van der Waals surface area contributed by atoms with E-state index in [1.165, 1.54) is 0 Å². The minimum absolute atomic E-state index is 0.201. The lowest BCUT2D eigenvalue weighted by Crippen LogP contribution is -2.39. The molecule has 0 radical (unpaired) electrons. The summed E-state index contributed by atoms with van der Waals surface area (Å²) in [6.45, 7) is 3.66. The van der Waals surface area contributed by atoms with E-state index in [1.807, 2.05) is 43.3 Å². The van der Waals surface area contributed by atoms with Crippen LogP contribution in [0, 0.1) is 6.92 Å². The number of aryl methyl sites for hydroxylation is 1. The number of carbonyl (C=O) groups is 2. The standard InChI is InChI=1S/C25H24N4O4/c1-18-9-10-20(14-27-18)32-22-21(8-5-12-26-22)23(30)28-13-11-25(16-28)17-29(24(31)33-25)15-19-6-3-2-4-7-19/h2-10,12,14H,11,13,15-17H2,1H3/t25-/m1/s1. The molecule has 8 heteroatoms. The van der Waals surface area contributed by atoms with Crippen molar-refractivity contribution < 1.29 is 19.1 Å². The van der Waals surface area contributed by atoms with Gasteiger partial charge < -0.3 is 14.4 Å². The third kappa shape index (κ3) is 4.37. The van der Waals surface area contributed by atoms with Crippen molar-refractivity contribution in [1.29, 1.82) is 0 Å². The third-order valence-electron chi connectivity index (χ3n) is 5.96. The van der Waals surface area contributed by atoms with E-state index < -0.39 is 5.60 Å². The fourth-order valence-electron chi connectivity index (χ4n) is 4.28. The number of amides is 2. The second-order valence-corrected chi connectivity index (χ2v) is 8.46. The molecule has 2 fully saturated rings. The molecule has 0 saturated carbocycles. The number of aromatic nitrogens is 2. The summed E-state index contributed by atoms with van der Waals surface area (Å²) in [5.74, 6) is 0.531. The van der Waals surface area contributed by atoms with Crippen LogP contribution in [0.2, 0.25) is 0 Å². The topological polar surface area (TPSA) is 84.9 Å². The van der Waals surface area contributed by atoms with E-state index in [0.717, 1.165) is 11.3 Å². The van der Waals surface area contributed by atoms with Crippen LogP contribution < -0.4 is 4.74 Å². The van der Waals surface area contributed by atoms with E-state index in [9.17, 15) is 9.59 Å². The van der Waals surface area contributed by atoms with Crippen molar-refractivity contribution in [2.75, 3.05) is 19.6 Å². The first-order valence-electron chi connectivity index (χ1n) is 10.9. The van der Waals surface area contributed by atoms with Crippen LogP contribution in [0.3, 0.4) is 0 Å². The molecule has 2 aromatic heterocycles. The van der Waals surface area contributed by atoms with Crippen LogP contribution in [0.25, 0.3) is 0 Å². The summed E-state index contributed by atoms with van der Waals surface area (Å²) in [4.78, 5) is 37.8. The summed E-state index contributed by atoms with van der Waals surface area (Å²) in [6, 6.07) is 16.8. The zero-order chi connectivity index (χ0) is 22.8. The third-order valence-corrected chi connectivity index (χ3v) is 5.96. The van der Waals surface area contributed by atoms with Gasteiger partial charge in [-0.05, 0) is 36.8 Å². The fraction of sp³-hybridized carbons (Fsp3) is 0.280. The van der Waals surface area contributed by atoms with E-state index in [-0.39, 0.29) is 17.9 Å². The Hall–Kier alpha value is -3.94. The maximum atomic E-state index is 13.3. The van der Waals surface area contributed by atoms with E-state index in [4.69, 9.17) is 9.47 Å². The minimum Gasteiger partial charge on any atom is -0.439 e. The molecule has 4 heterocycles. The van der Waals surface area contributed by atoms with Gasteiger partial charge >= 0.3 is 6.09 Å². The molecule has 2 aliphatic rings. The predicted octanol–water partition coefficient (Wildman–Crippen LogP) is 3.81. The molecule has 0 bridgehead atoms. The Morgan fingerprint density at radius 2 is 1.94 bits per heavy atom. The van der Waals surface area contributed by atoms with Crippen LogP contribution in [-0.2, 0) is 11.3 Å². The molecular weight excluding hydrogens is 420 g/mol. The number of hydrogen-bond acceptors (Lipinski definition) is 6. The lowest BCUT2D eigenvalue weighted by atomic mass is 10.0. The van der Waals surface area contributed by atoms with Gasteiger partial charge in [-0.1, -0.05) is 30.3 Å². The maximum Gasteiger partial charge on any atom is 0.410 e. The van der Waals surface area contributed by atoms with Crippen LogP contribution in [0.4, 0.5) is 4.79 Å². The summed E-state index contributed by atoms with van der Waals surface area (Å²) in [5, 5.41) is 0. The first-order chi connectivity index (χ1) is 16.0. The van der Waals surface area contributed by atoms with Gasteiger partial charge in [0.2, 0.25) is 5.88 Å². The average molecular weight is 444 g/mol. The summed E-state index contributed by atoms with van der Waals surface area (Å²) in [5.41, 5.74) is 1.58. The molecule has 0 aliphatic carbocycles. The Morgan fingerprint density at radius 1 is 1.09 bits per heavy atom. The summed E-state index contributed by atoms with van der Waals surface area (Å²) >= 11 is 0. The van der Waals surface area contributed by atoms with Gasteiger partial charge in [0.15, 0.2) is 5.60 Å². The Kier molecular flexibility index (Phi) is 5.42. The van der Waals surface area contributed by atoms with Gasteiger partial charge in [-0.15, -0.1) is 0 Å². The van der Waals surface area contributed by atoms with Crippen molar-refractivity contribution in [3.05, 3.63) is 83.8 Å². The lowest BCUT2D eigenvalue weighted by molar-refractivity contribution is 0.0551. The molecule has 0 N–H and O–H groups in total. The summed E-state index contributed by atoms with van der Waals surface area (Å²) in [7, 11) is 0. The normalized spacial score (nSPS) is 19.7. The maximum absolute atomic E-state index is 13.3. The second-order valence-electron chi connectivity index (χ2n) is 8.46. The van der Waals surface area contributed by atoms with Crippen molar-refractivity contribution in [3.8, 4) is 11.6 Å². The molecule has 3 aromatic rings. The molecule has 0 unspecified atom stereocenters.